The van der Waals surface area contributed by atoms with Gasteiger partial charge in [0, 0.05) is 0 Å². The Kier molecular flexibility index (Phi) is 7.12. The van der Waals surface area contributed by atoms with Crippen molar-refractivity contribution in [3.63, 3.8) is 0 Å². The second-order valence-electron chi connectivity index (χ2n) is 4.15. The molecular weight excluding hydrogens is 302 g/mol. The molecule has 0 amide bonds. The van der Waals surface area contributed by atoms with Crippen molar-refractivity contribution in [3.8, 4) is 5.75 Å². The van der Waals surface area contributed by atoms with Gasteiger partial charge in [-0.25, -0.2) is 4.79 Å². The van der Waals surface area contributed by atoms with Gasteiger partial charge in [-0.15, -0.1) is 5.10 Å². The van der Waals surface area contributed by atoms with Gasteiger partial charge in [0.15, 0.2) is 11.4 Å². The third-order valence-corrected chi connectivity index (χ3v) is 2.50. The quantitative estimate of drug-likeness (QED) is 0.174. The molecule has 0 atom stereocenters. The second-order valence-corrected chi connectivity index (χ2v) is 4.15. The summed E-state index contributed by atoms with van der Waals surface area (Å²) in [5.41, 5.74) is 5.94. The van der Waals surface area contributed by atoms with Gasteiger partial charge in [-0.1, -0.05) is 0 Å². The zero-order chi connectivity index (χ0) is 17.2. The Morgan fingerprint density at radius 1 is 1.22 bits per heavy atom. The van der Waals surface area contributed by atoms with Crippen LogP contribution in [0.2, 0.25) is 0 Å². The van der Waals surface area contributed by atoms with E-state index in [9.17, 15) is 15.0 Å². The molecular formula is C15H19N3O5. The number of ether oxygens (including phenoxy) is 2. The number of carbonyl (C=O) groups is 1. The van der Waals surface area contributed by atoms with E-state index in [2.05, 4.69) is 10.2 Å². The van der Waals surface area contributed by atoms with Gasteiger partial charge >= 0.3 is 5.97 Å². The molecule has 0 saturated carbocycles. The highest BCUT2D eigenvalue weighted by Gasteiger charge is 2.22. The largest absolute Gasteiger partial charge is 0.508 e. The van der Waals surface area contributed by atoms with Crippen LogP contribution in [0.4, 0.5) is 0 Å². The number of benzene rings is 1. The molecule has 0 aliphatic heterocycles. The van der Waals surface area contributed by atoms with Crippen LogP contribution < -0.4 is 5.73 Å². The number of aromatic hydroxyl groups is 1. The first kappa shape index (κ1) is 18.0. The molecule has 124 valence electrons. The van der Waals surface area contributed by atoms with Crippen LogP contribution >= 0.6 is 0 Å². The minimum atomic E-state index is -0.862. The molecule has 0 radical (unpaired) electrons. The summed E-state index contributed by atoms with van der Waals surface area (Å²) in [6.07, 6.45) is 1.37. The number of esters is 1. The molecule has 1 aromatic carbocycles. The van der Waals surface area contributed by atoms with E-state index < -0.39 is 17.5 Å². The molecule has 0 unspecified atom stereocenters. The van der Waals surface area contributed by atoms with Gasteiger partial charge in [0.05, 0.1) is 19.4 Å². The van der Waals surface area contributed by atoms with E-state index >= 15 is 0 Å². The average molecular weight is 321 g/mol. The Morgan fingerprint density at radius 2 is 1.83 bits per heavy atom. The molecule has 8 heteroatoms. The summed E-state index contributed by atoms with van der Waals surface area (Å²) in [7, 11) is 0. The Morgan fingerprint density at radius 3 is 2.39 bits per heavy atom. The lowest BCUT2D eigenvalue weighted by atomic mass is 10.2. The number of aliphatic hydroxyl groups is 1. The van der Waals surface area contributed by atoms with Crippen molar-refractivity contribution in [1.29, 1.82) is 0 Å². The lowest BCUT2D eigenvalue weighted by Crippen LogP contribution is -2.25. The molecule has 0 aliphatic rings. The molecule has 8 nitrogen and oxygen atoms in total. The summed E-state index contributed by atoms with van der Waals surface area (Å²) in [5, 5.41) is 26.3. The van der Waals surface area contributed by atoms with Crippen molar-refractivity contribution < 1.29 is 24.5 Å². The molecule has 0 fully saturated rings. The molecule has 0 aromatic heterocycles. The number of phenolic OH excluding ortho intramolecular Hbond substituents is 1. The maximum atomic E-state index is 11.8. The standard InChI is InChI=1S/C15H19N3O5/c1-3-22-14(20)12(15(21)23-4-2)13(16)18-17-9-10-5-7-11(19)8-6-10/h5-9,19-20H,3-4H2,1-2H3,(H2,16,18)/b14-12-,17-9+. The van der Waals surface area contributed by atoms with Gasteiger partial charge in [0.1, 0.15) is 5.75 Å². The Hall–Kier alpha value is -3.03. The molecule has 1 rings (SSSR count). The third-order valence-electron chi connectivity index (χ3n) is 2.50. The molecule has 0 heterocycles. The summed E-state index contributed by atoms with van der Waals surface area (Å²) in [5.74, 6) is -1.75. The highest BCUT2D eigenvalue weighted by Crippen LogP contribution is 2.09. The minimum Gasteiger partial charge on any atom is -0.508 e. The lowest BCUT2D eigenvalue weighted by molar-refractivity contribution is -0.138. The van der Waals surface area contributed by atoms with Crippen molar-refractivity contribution in [2.45, 2.75) is 13.8 Å². The number of hydrogen-bond donors (Lipinski definition) is 3. The molecule has 0 aliphatic carbocycles. The Balaban J connectivity index is 2.99. The maximum Gasteiger partial charge on any atom is 0.349 e. The summed E-state index contributed by atoms with van der Waals surface area (Å²) < 4.78 is 9.66. The van der Waals surface area contributed by atoms with Crippen LogP contribution in [0.1, 0.15) is 19.4 Å². The van der Waals surface area contributed by atoms with Crippen LogP contribution in [0.5, 0.6) is 5.75 Å². The Bertz CT molecular complexity index is 621. The van der Waals surface area contributed by atoms with Crippen LogP contribution in [0, 0.1) is 0 Å². The fraction of sp³-hybridized carbons (Fsp3) is 0.267. The van der Waals surface area contributed by atoms with Crippen LogP contribution in [0.15, 0.2) is 46.0 Å². The predicted octanol–water partition coefficient (Wildman–Crippen LogP) is 1.45. The fourth-order valence-corrected chi connectivity index (χ4v) is 1.48. The maximum absolute atomic E-state index is 11.8. The highest BCUT2D eigenvalue weighted by atomic mass is 16.6. The van der Waals surface area contributed by atoms with Crippen LogP contribution in [-0.2, 0) is 14.3 Å². The summed E-state index contributed by atoms with van der Waals surface area (Å²) >= 11 is 0. The summed E-state index contributed by atoms with van der Waals surface area (Å²) in [6.45, 7) is 3.49. The number of hydrogen-bond acceptors (Lipinski definition) is 7. The van der Waals surface area contributed by atoms with Gasteiger partial charge < -0.3 is 25.4 Å². The normalized spacial score (nSPS) is 12.9. The summed E-state index contributed by atoms with van der Waals surface area (Å²) in [4.78, 5) is 11.8. The molecule has 1 aromatic rings. The van der Waals surface area contributed by atoms with E-state index in [1.807, 2.05) is 0 Å². The second kappa shape index (κ2) is 9.08. The molecule has 23 heavy (non-hydrogen) atoms. The Labute approximate surface area is 133 Å². The van der Waals surface area contributed by atoms with Gasteiger partial charge in [-0.05, 0) is 43.7 Å². The highest BCUT2D eigenvalue weighted by molar-refractivity contribution is 6.18. The van der Waals surface area contributed by atoms with Crippen LogP contribution in [0.3, 0.4) is 0 Å². The first-order valence-corrected chi connectivity index (χ1v) is 6.88. The predicted molar refractivity (Wildman–Crippen MR) is 85.2 cm³/mol. The van der Waals surface area contributed by atoms with Crippen LogP contribution in [-0.4, -0.2) is 41.4 Å². The minimum absolute atomic E-state index is 0.103. The van der Waals surface area contributed by atoms with Crippen molar-refractivity contribution in [2.75, 3.05) is 13.2 Å². The van der Waals surface area contributed by atoms with Crippen molar-refractivity contribution in [2.24, 2.45) is 15.9 Å². The molecule has 0 saturated heterocycles. The number of nitrogens with zero attached hydrogens (tertiary/aromatic N) is 2. The van der Waals surface area contributed by atoms with Gasteiger partial charge in [-0.3, -0.25) is 0 Å². The van der Waals surface area contributed by atoms with Gasteiger partial charge in [-0.2, -0.15) is 5.10 Å². The first-order chi connectivity index (χ1) is 11.0. The van der Waals surface area contributed by atoms with Crippen LogP contribution in [0.25, 0.3) is 0 Å². The van der Waals surface area contributed by atoms with E-state index in [-0.39, 0.29) is 24.8 Å². The van der Waals surface area contributed by atoms with E-state index in [0.29, 0.717) is 5.56 Å². The van der Waals surface area contributed by atoms with Crippen molar-refractivity contribution in [1.82, 2.24) is 0 Å². The zero-order valence-corrected chi connectivity index (χ0v) is 12.9. The molecule has 4 N–H and O–H groups in total. The van der Waals surface area contributed by atoms with Gasteiger partial charge in [0.2, 0.25) is 0 Å². The third kappa shape index (κ3) is 5.70. The SMILES string of the molecule is CCOC(=O)C(/C(N)=N/N=C/c1ccc(O)cc1)=C(/O)OCC. The van der Waals surface area contributed by atoms with E-state index in [4.69, 9.17) is 15.2 Å². The number of aliphatic hydroxyl groups excluding tert-OH is 1. The first-order valence-electron chi connectivity index (χ1n) is 6.88. The summed E-state index contributed by atoms with van der Waals surface area (Å²) in [6, 6.07) is 6.20. The number of nitrogens with two attached hydrogens (primary N) is 1. The average Bonchev–Trinajstić information content (AvgIpc) is 2.50. The van der Waals surface area contributed by atoms with Crippen molar-refractivity contribution in [3.05, 3.63) is 41.3 Å². The zero-order valence-electron chi connectivity index (χ0n) is 12.9. The smallest absolute Gasteiger partial charge is 0.349 e. The fourth-order valence-electron chi connectivity index (χ4n) is 1.48. The van der Waals surface area contributed by atoms with E-state index in [1.54, 1.807) is 26.0 Å². The van der Waals surface area contributed by atoms with E-state index in [1.165, 1.54) is 18.3 Å². The lowest BCUT2D eigenvalue weighted by Gasteiger charge is -2.08. The number of rotatable bonds is 7. The topological polar surface area (TPSA) is 127 Å². The van der Waals surface area contributed by atoms with Gasteiger partial charge in [0.25, 0.3) is 5.95 Å². The molecule has 0 spiro atoms. The number of amidine groups is 1. The number of carbonyl (C=O) groups excluding carboxylic acids is 1. The van der Waals surface area contributed by atoms with Crippen molar-refractivity contribution >= 4 is 18.0 Å². The van der Waals surface area contributed by atoms with E-state index in [0.717, 1.165) is 0 Å². The monoisotopic (exact) mass is 321 g/mol. The number of phenols is 1. The molecule has 0 bridgehead atoms.